The van der Waals surface area contributed by atoms with Gasteiger partial charge in [0.2, 0.25) is 0 Å². The Balaban J connectivity index is 1.09. The quantitative estimate of drug-likeness (QED) is 0.157. The van der Waals surface area contributed by atoms with Gasteiger partial charge in [0.1, 0.15) is 0 Å². The van der Waals surface area contributed by atoms with Crippen LogP contribution in [0, 0.1) is 0 Å². The van der Waals surface area contributed by atoms with Gasteiger partial charge in [-0.15, -0.1) is 0 Å². The fourth-order valence-electron chi connectivity index (χ4n) is 11.0. The number of rotatable bonds is 4. The highest BCUT2D eigenvalue weighted by Crippen LogP contribution is 2.53. The van der Waals surface area contributed by atoms with Crippen LogP contribution in [0.1, 0.15) is 49.9 Å². The zero-order valence-corrected chi connectivity index (χ0v) is 34.5. The first kappa shape index (κ1) is 35.0. The molecule has 10 aromatic carbocycles. The van der Waals surface area contributed by atoms with E-state index in [0.29, 0.717) is 0 Å². The molecule has 12 rings (SSSR count). The Labute approximate surface area is 352 Å². The van der Waals surface area contributed by atoms with Crippen LogP contribution >= 0.6 is 0 Å². The van der Waals surface area contributed by atoms with Gasteiger partial charge < -0.3 is 0 Å². The third kappa shape index (κ3) is 5.04. The second-order valence-corrected chi connectivity index (χ2v) is 18.1. The van der Waals surface area contributed by atoms with Gasteiger partial charge in [0.15, 0.2) is 0 Å². The SMILES string of the molecule is CC1(C)c2ccccc2-c2cc(-c3c4ccccc4c(-c4cccc(-c5ccc6c(c5)C(C)(C)c5ccccc5-6)c4)c4ccc(-c5ccc6ccccc6c5)cc34)ccc21. The van der Waals surface area contributed by atoms with Crippen molar-refractivity contribution >= 4 is 32.3 Å². The van der Waals surface area contributed by atoms with Gasteiger partial charge >= 0.3 is 0 Å². The van der Waals surface area contributed by atoms with Crippen LogP contribution in [0.3, 0.4) is 0 Å². The fraction of sp³-hybridized carbons (Fsp3) is 0.100. The van der Waals surface area contributed by atoms with Gasteiger partial charge in [0.25, 0.3) is 0 Å². The maximum atomic E-state index is 2.47. The molecule has 10 aromatic rings. The Morgan fingerprint density at radius 1 is 0.250 bits per heavy atom. The van der Waals surface area contributed by atoms with Crippen molar-refractivity contribution < 1.29 is 0 Å². The molecule has 2 aliphatic rings. The van der Waals surface area contributed by atoms with E-state index in [1.165, 1.54) is 121 Å². The molecule has 0 amide bonds. The van der Waals surface area contributed by atoms with Crippen molar-refractivity contribution in [3.8, 4) is 66.8 Å². The maximum Gasteiger partial charge on any atom is 0.0159 e. The van der Waals surface area contributed by atoms with Gasteiger partial charge in [0.05, 0.1) is 0 Å². The minimum absolute atomic E-state index is 0.0503. The third-order valence-electron chi connectivity index (χ3n) is 14.0. The maximum absolute atomic E-state index is 2.47. The van der Waals surface area contributed by atoms with Gasteiger partial charge in [-0.2, -0.15) is 0 Å². The van der Waals surface area contributed by atoms with Crippen molar-refractivity contribution in [1.29, 1.82) is 0 Å². The molecular formula is C60H44. The first-order valence-corrected chi connectivity index (χ1v) is 21.3. The van der Waals surface area contributed by atoms with Crippen LogP contribution in [0.25, 0.3) is 99.1 Å². The molecule has 0 fully saturated rings. The van der Waals surface area contributed by atoms with Crippen LogP contribution in [-0.2, 0) is 10.8 Å². The van der Waals surface area contributed by atoms with Gasteiger partial charge in [0, 0.05) is 10.8 Å². The summed E-state index contributed by atoms with van der Waals surface area (Å²) in [6.45, 7) is 9.46. The predicted molar refractivity (Wildman–Crippen MR) is 256 cm³/mol. The van der Waals surface area contributed by atoms with Crippen molar-refractivity contribution in [2.75, 3.05) is 0 Å². The molecule has 0 spiro atoms. The van der Waals surface area contributed by atoms with Crippen LogP contribution in [0.15, 0.2) is 194 Å². The van der Waals surface area contributed by atoms with E-state index < -0.39 is 0 Å². The molecule has 284 valence electrons. The van der Waals surface area contributed by atoms with Crippen LogP contribution in [0.5, 0.6) is 0 Å². The summed E-state index contributed by atoms with van der Waals surface area (Å²) in [6.07, 6.45) is 0. The van der Waals surface area contributed by atoms with Gasteiger partial charge in [-0.05, 0) is 152 Å². The molecule has 0 N–H and O–H groups in total. The standard InChI is InChI=1S/C60H44/c1-59(2)54-23-12-10-19-46(54)51-35-44(28-31-55(51)59)58-49-21-8-7-20-48(49)57(50-30-27-41(34-52(50)58)40-25-24-37-14-5-6-15-38(37)32-40)43-17-13-16-39(33-43)42-26-29-47-45-18-9-11-22-53(45)60(3,4)56(47)36-42/h5-36H,1-4H3. The third-order valence-corrected chi connectivity index (χ3v) is 14.0. The molecule has 60 heavy (non-hydrogen) atoms. The minimum Gasteiger partial charge on any atom is -0.0619 e. The molecule has 0 bridgehead atoms. The average Bonchev–Trinajstić information content (AvgIpc) is 3.66. The van der Waals surface area contributed by atoms with Crippen LogP contribution in [-0.4, -0.2) is 0 Å². The lowest BCUT2D eigenvalue weighted by Gasteiger charge is -2.22. The molecule has 0 radical (unpaired) electrons. The van der Waals surface area contributed by atoms with Crippen molar-refractivity contribution in [2.24, 2.45) is 0 Å². The molecule has 0 saturated carbocycles. The molecule has 0 nitrogen and oxygen atoms in total. The van der Waals surface area contributed by atoms with E-state index >= 15 is 0 Å². The summed E-state index contributed by atoms with van der Waals surface area (Å²) < 4.78 is 0. The molecule has 0 aromatic heterocycles. The fourth-order valence-corrected chi connectivity index (χ4v) is 11.0. The van der Waals surface area contributed by atoms with Crippen LogP contribution < -0.4 is 0 Å². The molecule has 0 atom stereocenters. The average molecular weight is 765 g/mol. The van der Waals surface area contributed by atoms with Crippen molar-refractivity contribution in [3.63, 3.8) is 0 Å². The Hall–Kier alpha value is -7.02. The molecule has 0 heteroatoms. The van der Waals surface area contributed by atoms with Crippen LogP contribution in [0.2, 0.25) is 0 Å². The molecule has 2 aliphatic carbocycles. The summed E-state index contributed by atoms with van der Waals surface area (Å²) in [5.41, 5.74) is 20.9. The van der Waals surface area contributed by atoms with Crippen molar-refractivity contribution in [3.05, 3.63) is 216 Å². The normalized spacial score (nSPS) is 14.3. The Morgan fingerprint density at radius 2 is 0.733 bits per heavy atom. The summed E-state index contributed by atoms with van der Waals surface area (Å²) >= 11 is 0. The summed E-state index contributed by atoms with van der Waals surface area (Å²) in [7, 11) is 0. The minimum atomic E-state index is -0.0556. The first-order chi connectivity index (χ1) is 29.3. The Bertz CT molecular complexity index is 3430. The lowest BCUT2D eigenvalue weighted by atomic mass is 9.81. The van der Waals surface area contributed by atoms with Gasteiger partial charge in [-0.1, -0.05) is 191 Å². The molecule has 0 aliphatic heterocycles. The van der Waals surface area contributed by atoms with Crippen LogP contribution in [0.4, 0.5) is 0 Å². The van der Waals surface area contributed by atoms with Gasteiger partial charge in [-0.3, -0.25) is 0 Å². The molecular weight excluding hydrogens is 721 g/mol. The van der Waals surface area contributed by atoms with E-state index in [-0.39, 0.29) is 10.8 Å². The Kier molecular flexibility index (Phi) is 7.42. The highest BCUT2D eigenvalue weighted by atomic mass is 14.4. The Morgan fingerprint density at radius 3 is 1.52 bits per heavy atom. The van der Waals surface area contributed by atoms with E-state index in [2.05, 4.69) is 222 Å². The predicted octanol–water partition coefficient (Wildman–Crippen LogP) is 16.4. The van der Waals surface area contributed by atoms with E-state index in [9.17, 15) is 0 Å². The van der Waals surface area contributed by atoms with Crippen molar-refractivity contribution in [1.82, 2.24) is 0 Å². The number of fused-ring (bicyclic) bond motifs is 9. The second kappa shape index (κ2) is 12.7. The lowest BCUT2D eigenvalue weighted by Crippen LogP contribution is -2.14. The highest BCUT2D eigenvalue weighted by Gasteiger charge is 2.36. The van der Waals surface area contributed by atoms with Gasteiger partial charge in [-0.25, -0.2) is 0 Å². The largest absolute Gasteiger partial charge is 0.0619 e. The monoisotopic (exact) mass is 764 g/mol. The highest BCUT2D eigenvalue weighted by molar-refractivity contribution is 6.22. The van der Waals surface area contributed by atoms with E-state index in [1.54, 1.807) is 0 Å². The van der Waals surface area contributed by atoms with E-state index in [0.717, 1.165) is 0 Å². The zero-order valence-electron chi connectivity index (χ0n) is 34.5. The summed E-state index contributed by atoms with van der Waals surface area (Å²) in [6, 6.07) is 73.3. The number of benzene rings is 10. The number of hydrogen-bond donors (Lipinski definition) is 0. The second-order valence-electron chi connectivity index (χ2n) is 18.1. The summed E-state index contributed by atoms with van der Waals surface area (Å²) in [5, 5.41) is 7.57. The summed E-state index contributed by atoms with van der Waals surface area (Å²) in [4.78, 5) is 0. The molecule has 0 saturated heterocycles. The molecule has 0 unspecified atom stereocenters. The first-order valence-electron chi connectivity index (χ1n) is 21.3. The number of hydrogen-bond acceptors (Lipinski definition) is 0. The lowest BCUT2D eigenvalue weighted by molar-refractivity contribution is 0.660. The van der Waals surface area contributed by atoms with E-state index in [1.807, 2.05) is 0 Å². The topological polar surface area (TPSA) is 0 Å². The van der Waals surface area contributed by atoms with E-state index in [4.69, 9.17) is 0 Å². The summed E-state index contributed by atoms with van der Waals surface area (Å²) in [5.74, 6) is 0. The smallest absolute Gasteiger partial charge is 0.0159 e. The van der Waals surface area contributed by atoms with Crippen molar-refractivity contribution in [2.45, 2.75) is 38.5 Å². The molecule has 0 heterocycles. The zero-order chi connectivity index (χ0) is 40.3.